The van der Waals surface area contributed by atoms with Crippen LogP contribution >= 0.6 is 0 Å². The summed E-state index contributed by atoms with van der Waals surface area (Å²) >= 11 is 0. The fourth-order valence-electron chi connectivity index (χ4n) is 3.81. The van der Waals surface area contributed by atoms with Crippen molar-refractivity contribution in [3.63, 3.8) is 0 Å². The third-order valence-electron chi connectivity index (χ3n) is 5.53. The molecule has 0 fully saturated rings. The van der Waals surface area contributed by atoms with E-state index in [-0.39, 0.29) is 5.91 Å². The minimum atomic E-state index is -0.0620. The van der Waals surface area contributed by atoms with Crippen LogP contribution in [0.5, 0.6) is 0 Å². The maximum absolute atomic E-state index is 12.3. The molecule has 0 radical (unpaired) electrons. The van der Waals surface area contributed by atoms with Crippen molar-refractivity contribution in [3.8, 4) is 0 Å². The lowest BCUT2D eigenvalue weighted by molar-refractivity contribution is 0.0954. The molecule has 0 unspecified atom stereocenters. The van der Waals surface area contributed by atoms with Gasteiger partial charge in [0.15, 0.2) is 0 Å². The minimum Gasteiger partial charge on any atom is -0.462 e. The summed E-state index contributed by atoms with van der Waals surface area (Å²) in [6.07, 6.45) is 1.50. The lowest BCUT2D eigenvalue weighted by atomic mass is 10.1. The van der Waals surface area contributed by atoms with Crippen molar-refractivity contribution < 1.29 is 13.9 Å². The number of nitrogens with zero attached hydrogens (tertiary/aromatic N) is 4. The van der Waals surface area contributed by atoms with Crippen LogP contribution in [-0.2, 0) is 37.3 Å². The number of carbonyl (C=O) groups excluding carboxylic acids is 1. The molecule has 1 aliphatic rings. The van der Waals surface area contributed by atoms with E-state index in [1.165, 1.54) is 0 Å². The summed E-state index contributed by atoms with van der Waals surface area (Å²) in [5.74, 6) is 3.65. The summed E-state index contributed by atoms with van der Waals surface area (Å²) in [4.78, 5) is 14.7. The van der Waals surface area contributed by atoms with Crippen LogP contribution in [0.25, 0.3) is 0 Å². The predicted octanol–water partition coefficient (Wildman–Crippen LogP) is 2.36. The Kier molecular flexibility index (Phi) is 6.79. The number of benzene rings is 1. The molecule has 164 valence electrons. The van der Waals surface area contributed by atoms with E-state index in [2.05, 4.69) is 25.0 Å². The lowest BCUT2D eigenvalue weighted by Crippen LogP contribution is -2.28. The van der Waals surface area contributed by atoms with Gasteiger partial charge >= 0.3 is 0 Å². The van der Waals surface area contributed by atoms with Gasteiger partial charge in [0.05, 0.1) is 6.54 Å². The van der Waals surface area contributed by atoms with Gasteiger partial charge in [0.25, 0.3) is 5.91 Å². The maximum Gasteiger partial charge on any atom is 0.251 e. The SMILES string of the molecule is COCc1ccc(CN2CCc3nnc(CCNC(=O)c4ccc(C)cc4)n3CC2)o1. The molecule has 0 saturated heterocycles. The highest BCUT2D eigenvalue weighted by atomic mass is 16.5. The Morgan fingerprint density at radius 1 is 1.10 bits per heavy atom. The number of aryl methyl sites for hydroxylation is 1. The first-order chi connectivity index (χ1) is 15.1. The van der Waals surface area contributed by atoms with Gasteiger partial charge in [-0.1, -0.05) is 17.7 Å². The second-order valence-corrected chi connectivity index (χ2v) is 7.88. The second-order valence-electron chi connectivity index (χ2n) is 7.88. The standard InChI is InChI=1S/C23H29N5O3/c1-17-3-5-18(6-4-17)23(29)24-11-9-21-25-26-22-10-12-27(13-14-28(21)22)15-19-7-8-20(31-19)16-30-2/h3-8H,9-16H2,1-2H3,(H,24,29). The van der Waals surface area contributed by atoms with Gasteiger partial charge in [-0.3, -0.25) is 9.69 Å². The van der Waals surface area contributed by atoms with Crippen LogP contribution in [0.3, 0.4) is 0 Å². The Balaban J connectivity index is 1.29. The summed E-state index contributed by atoms with van der Waals surface area (Å²) in [5.41, 5.74) is 1.81. The third-order valence-corrected chi connectivity index (χ3v) is 5.53. The highest BCUT2D eigenvalue weighted by Crippen LogP contribution is 2.15. The van der Waals surface area contributed by atoms with E-state index in [9.17, 15) is 4.79 Å². The summed E-state index contributed by atoms with van der Waals surface area (Å²) in [7, 11) is 1.66. The molecule has 0 atom stereocenters. The summed E-state index contributed by atoms with van der Waals surface area (Å²) in [6.45, 7) is 6.43. The van der Waals surface area contributed by atoms with Crippen LogP contribution in [0.15, 0.2) is 40.8 Å². The fourth-order valence-corrected chi connectivity index (χ4v) is 3.81. The van der Waals surface area contributed by atoms with Crippen molar-refractivity contribution in [2.75, 3.05) is 26.7 Å². The number of hydrogen-bond acceptors (Lipinski definition) is 6. The van der Waals surface area contributed by atoms with E-state index in [0.717, 1.165) is 61.3 Å². The fraction of sp³-hybridized carbons (Fsp3) is 0.435. The molecule has 1 amide bonds. The summed E-state index contributed by atoms with van der Waals surface area (Å²) in [6, 6.07) is 11.6. The minimum absolute atomic E-state index is 0.0620. The highest BCUT2D eigenvalue weighted by molar-refractivity contribution is 5.94. The molecule has 4 rings (SSSR count). The molecule has 8 nitrogen and oxygen atoms in total. The molecule has 1 N–H and O–H groups in total. The van der Waals surface area contributed by atoms with Crippen molar-refractivity contribution in [1.82, 2.24) is 25.0 Å². The first-order valence-corrected chi connectivity index (χ1v) is 10.7. The molecule has 0 spiro atoms. The highest BCUT2D eigenvalue weighted by Gasteiger charge is 2.19. The Morgan fingerprint density at radius 2 is 1.90 bits per heavy atom. The van der Waals surface area contributed by atoms with Gasteiger partial charge in [-0.15, -0.1) is 10.2 Å². The van der Waals surface area contributed by atoms with Crippen molar-refractivity contribution in [1.29, 1.82) is 0 Å². The average molecular weight is 424 g/mol. The van der Waals surface area contributed by atoms with E-state index in [0.29, 0.717) is 25.1 Å². The smallest absolute Gasteiger partial charge is 0.251 e. The molecule has 31 heavy (non-hydrogen) atoms. The Labute approximate surface area is 182 Å². The summed E-state index contributed by atoms with van der Waals surface area (Å²) < 4.78 is 13.1. The Morgan fingerprint density at radius 3 is 2.71 bits per heavy atom. The quantitative estimate of drug-likeness (QED) is 0.599. The van der Waals surface area contributed by atoms with Crippen LogP contribution in [0, 0.1) is 6.92 Å². The molecular weight excluding hydrogens is 394 g/mol. The molecular formula is C23H29N5O3. The number of aromatic nitrogens is 3. The van der Waals surface area contributed by atoms with Crippen molar-refractivity contribution in [2.24, 2.45) is 0 Å². The largest absolute Gasteiger partial charge is 0.462 e. The first kappa shape index (κ1) is 21.3. The van der Waals surface area contributed by atoms with Crippen LogP contribution in [0.1, 0.15) is 39.1 Å². The average Bonchev–Trinajstić information content (AvgIpc) is 3.31. The molecule has 1 aliphatic heterocycles. The van der Waals surface area contributed by atoms with Gasteiger partial charge in [0, 0.05) is 51.7 Å². The van der Waals surface area contributed by atoms with Crippen molar-refractivity contribution in [2.45, 2.75) is 39.5 Å². The van der Waals surface area contributed by atoms with Crippen LogP contribution in [-0.4, -0.2) is 52.3 Å². The molecule has 0 aliphatic carbocycles. The monoisotopic (exact) mass is 423 g/mol. The van der Waals surface area contributed by atoms with Gasteiger partial charge in [-0.05, 0) is 31.2 Å². The number of methoxy groups -OCH3 is 1. The van der Waals surface area contributed by atoms with Gasteiger partial charge in [-0.25, -0.2) is 0 Å². The zero-order valence-corrected chi connectivity index (χ0v) is 18.1. The van der Waals surface area contributed by atoms with E-state index in [4.69, 9.17) is 9.15 Å². The molecule has 3 aromatic rings. The summed E-state index contributed by atoms with van der Waals surface area (Å²) in [5, 5.41) is 11.7. The van der Waals surface area contributed by atoms with E-state index in [1.807, 2.05) is 43.3 Å². The van der Waals surface area contributed by atoms with Crippen LogP contribution < -0.4 is 5.32 Å². The third kappa shape index (κ3) is 5.39. The van der Waals surface area contributed by atoms with Crippen LogP contribution in [0.4, 0.5) is 0 Å². The molecule has 0 saturated carbocycles. The molecule has 1 aromatic carbocycles. The normalized spacial score (nSPS) is 14.3. The second kappa shape index (κ2) is 9.89. The first-order valence-electron chi connectivity index (χ1n) is 10.7. The maximum atomic E-state index is 12.3. The number of rotatable bonds is 8. The van der Waals surface area contributed by atoms with E-state index in [1.54, 1.807) is 7.11 Å². The molecule has 2 aromatic heterocycles. The number of amides is 1. The zero-order chi connectivity index (χ0) is 21.6. The van der Waals surface area contributed by atoms with Crippen molar-refractivity contribution in [3.05, 3.63) is 70.7 Å². The predicted molar refractivity (Wildman–Crippen MR) is 116 cm³/mol. The van der Waals surface area contributed by atoms with Crippen LogP contribution in [0.2, 0.25) is 0 Å². The molecule has 0 bridgehead atoms. The van der Waals surface area contributed by atoms with E-state index < -0.39 is 0 Å². The Hall–Kier alpha value is -2.97. The van der Waals surface area contributed by atoms with Gasteiger partial charge in [0.2, 0.25) is 0 Å². The van der Waals surface area contributed by atoms with Gasteiger partial charge < -0.3 is 19.0 Å². The Bertz CT molecular complexity index is 1010. The lowest BCUT2D eigenvalue weighted by Gasteiger charge is -2.18. The topological polar surface area (TPSA) is 85.4 Å². The van der Waals surface area contributed by atoms with Gasteiger partial charge in [0.1, 0.15) is 29.8 Å². The number of furan rings is 1. The van der Waals surface area contributed by atoms with E-state index >= 15 is 0 Å². The molecule has 8 heteroatoms. The van der Waals surface area contributed by atoms with Crippen molar-refractivity contribution >= 4 is 5.91 Å². The van der Waals surface area contributed by atoms with Gasteiger partial charge in [-0.2, -0.15) is 0 Å². The number of hydrogen-bond donors (Lipinski definition) is 1. The number of carbonyl (C=O) groups is 1. The number of ether oxygens (including phenoxy) is 1. The number of fused-ring (bicyclic) bond motifs is 1. The number of nitrogens with one attached hydrogen (secondary N) is 1. The molecule has 3 heterocycles. The zero-order valence-electron chi connectivity index (χ0n) is 18.1.